The summed E-state index contributed by atoms with van der Waals surface area (Å²) in [6.07, 6.45) is 1.57. The van der Waals surface area contributed by atoms with Gasteiger partial charge in [-0.3, -0.25) is 24.2 Å². The van der Waals surface area contributed by atoms with E-state index in [-0.39, 0.29) is 18.2 Å². The number of thioether (sulfide) groups is 1. The Hall–Kier alpha value is -2.35. The highest BCUT2D eigenvalue weighted by molar-refractivity contribution is 8.02. The molecule has 2 saturated heterocycles. The molecule has 3 aliphatic heterocycles. The molecule has 8 heteroatoms. The number of nitrogens with zero attached hydrogens (tertiary/aromatic N) is 2. The van der Waals surface area contributed by atoms with Crippen molar-refractivity contribution in [1.29, 1.82) is 0 Å². The molecule has 3 amide bonds. The molecule has 0 saturated carbocycles. The Labute approximate surface area is 148 Å². The molecular formula is C17H16N2O5S. The maximum absolute atomic E-state index is 12.8. The van der Waals surface area contributed by atoms with Gasteiger partial charge in [-0.1, -0.05) is 23.9 Å². The van der Waals surface area contributed by atoms with Crippen molar-refractivity contribution in [2.75, 3.05) is 18.1 Å². The first-order valence-corrected chi connectivity index (χ1v) is 8.96. The number of amides is 3. The van der Waals surface area contributed by atoms with Crippen molar-refractivity contribution in [3.8, 4) is 0 Å². The molecule has 0 aromatic heterocycles. The van der Waals surface area contributed by atoms with Crippen molar-refractivity contribution in [3.63, 3.8) is 0 Å². The van der Waals surface area contributed by atoms with Crippen LogP contribution in [-0.2, 0) is 23.9 Å². The van der Waals surface area contributed by atoms with Crippen LogP contribution in [0.1, 0.15) is 25.7 Å². The zero-order valence-electron chi connectivity index (χ0n) is 13.4. The highest BCUT2D eigenvalue weighted by atomic mass is 32.2. The van der Waals surface area contributed by atoms with Crippen molar-refractivity contribution in [1.82, 2.24) is 4.90 Å². The third kappa shape index (κ3) is 2.43. The number of carbonyl (C=O) groups is 4. The second kappa shape index (κ2) is 5.87. The number of fused-ring (bicyclic) bond motifs is 3. The van der Waals surface area contributed by atoms with Gasteiger partial charge in [-0.25, -0.2) is 4.79 Å². The number of ether oxygens (including phenoxy) is 1. The fourth-order valence-corrected chi connectivity index (χ4v) is 4.91. The van der Waals surface area contributed by atoms with Crippen molar-refractivity contribution in [2.24, 2.45) is 0 Å². The predicted octanol–water partition coefficient (Wildman–Crippen LogP) is 1.31. The summed E-state index contributed by atoms with van der Waals surface area (Å²) in [6.45, 7) is -0.115. The first-order chi connectivity index (χ1) is 12.0. The third-order valence-electron chi connectivity index (χ3n) is 4.69. The number of para-hydroxylation sites is 1. The van der Waals surface area contributed by atoms with Crippen LogP contribution < -0.4 is 4.90 Å². The Morgan fingerprint density at radius 2 is 1.96 bits per heavy atom. The van der Waals surface area contributed by atoms with Crippen LogP contribution >= 0.6 is 11.8 Å². The molecule has 7 nitrogen and oxygen atoms in total. The average Bonchev–Trinajstić information content (AvgIpc) is 3.26. The van der Waals surface area contributed by atoms with E-state index in [1.165, 1.54) is 16.7 Å². The number of carbonyl (C=O) groups excluding carboxylic acids is 4. The Bertz CT molecular complexity index is 795. The number of likely N-dealkylation sites (tertiary alicyclic amines) is 1. The van der Waals surface area contributed by atoms with Gasteiger partial charge in [0.25, 0.3) is 5.91 Å². The first-order valence-electron chi connectivity index (χ1n) is 8.14. The molecule has 3 heterocycles. The van der Waals surface area contributed by atoms with E-state index in [0.29, 0.717) is 31.5 Å². The zero-order chi connectivity index (χ0) is 17.6. The van der Waals surface area contributed by atoms with Crippen LogP contribution in [0.5, 0.6) is 0 Å². The van der Waals surface area contributed by atoms with Gasteiger partial charge in [0.15, 0.2) is 11.5 Å². The number of hydrogen-bond donors (Lipinski definition) is 0. The SMILES string of the molecule is O=C1CCCN1C(=O)COC(=O)C12CCC(=O)N1c1ccccc1S2. The van der Waals surface area contributed by atoms with Gasteiger partial charge >= 0.3 is 5.97 Å². The standard InChI is InChI=1S/C17H16N2O5S/c20-13-6-3-9-18(13)15(22)10-24-16(23)17-8-7-14(21)19(17)11-4-1-2-5-12(11)25-17/h1-2,4-5H,3,6-10H2. The Balaban J connectivity index is 1.51. The van der Waals surface area contributed by atoms with Crippen molar-refractivity contribution in [2.45, 2.75) is 35.4 Å². The summed E-state index contributed by atoms with van der Waals surface area (Å²) in [5, 5.41) is 0. The maximum Gasteiger partial charge on any atom is 0.344 e. The molecule has 1 atom stereocenters. The largest absolute Gasteiger partial charge is 0.453 e. The molecule has 4 rings (SSSR count). The summed E-state index contributed by atoms with van der Waals surface area (Å²) >= 11 is 1.29. The summed E-state index contributed by atoms with van der Waals surface area (Å²) < 4.78 is 5.24. The highest BCUT2D eigenvalue weighted by Crippen LogP contribution is 2.56. The lowest BCUT2D eigenvalue weighted by Gasteiger charge is -2.28. The second-order valence-corrected chi connectivity index (χ2v) is 7.52. The topological polar surface area (TPSA) is 84.0 Å². The van der Waals surface area contributed by atoms with Crippen LogP contribution in [0.3, 0.4) is 0 Å². The maximum atomic E-state index is 12.8. The molecule has 1 aromatic carbocycles. The van der Waals surface area contributed by atoms with Crippen molar-refractivity contribution >= 4 is 41.1 Å². The van der Waals surface area contributed by atoms with E-state index in [0.717, 1.165) is 9.80 Å². The lowest BCUT2D eigenvalue weighted by atomic mass is 10.2. The molecule has 0 bridgehead atoms. The van der Waals surface area contributed by atoms with E-state index < -0.39 is 23.4 Å². The van der Waals surface area contributed by atoms with Gasteiger partial charge in [-0.15, -0.1) is 0 Å². The van der Waals surface area contributed by atoms with Crippen molar-refractivity contribution < 1.29 is 23.9 Å². The molecule has 0 radical (unpaired) electrons. The van der Waals surface area contributed by atoms with Crippen LogP contribution in [0.25, 0.3) is 0 Å². The van der Waals surface area contributed by atoms with E-state index in [4.69, 9.17) is 4.74 Å². The lowest BCUT2D eigenvalue weighted by Crippen LogP contribution is -2.48. The van der Waals surface area contributed by atoms with Crippen LogP contribution in [0.4, 0.5) is 5.69 Å². The summed E-state index contributed by atoms with van der Waals surface area (Å²) in [5.74, 6) is -1.49. The van der Waals surface area contributed by atoms with Gasteiger partial charge in [0.1, 0.15) is 0 Å². The molecule has 0 N–H and O–H groups in total. The van der Waals surface area contributed by atoms with E-state index >= 15 is 0 Å². The van der Waals surface area contributed by atoms with Gasteiger partial charge in [-0.2, -0.15) is 0 Å². The quantitative estimate of drug-likeness (QED) is 0.756. The molecule has 2 fully saturated rings. The lowest BCUT2D eigenvalue weighted by molar-refractivity contribution is -0.156. The molecule has 25 heavy (non-hydrogen) atoms. The number of anilines is 1. The summed E-state index contributed by atoms with van der Waals surface area (Å²) in [4.78, 5) is 51.1. The first kappa shape index (κ1) is 16.1. The molecule has 130 valence electrons. The Morgan fingerprint density at radius 1 is 1.16 bits per heavy atom. The molecule has 3 aliphatic rings. The minimum Gasteiger partial charge on any atom is -0.453 e. The zero-order valence-corrected chi connectivity index (χ0v) is 14.2. The Kier molecular flexibility index (Phi) is 3.79. The van der Waals surface area contributed by atoms with Gasteiger partial charge < -0.3 is 4.74 Å². The molecular weight excluding hydrogens is 344 g/mol. The molecule has 0 aliphatic carbocycles. The van der Waals surface area contributed by atoms with Crippen LogP contribution in [0.15, 0.2) is 29.2 Å². The summed E-state index contributed by atoms with van der Waals surface area (Å²) in [6, 6.07) is 7.32. The second-order valence-electron chi connectivity index (χ2n) is 6.20. The number of hydrogen-bond acceptors (Lipinski definition) is 6. The van der Waals surface area contributed by atoms with Crippen LogP contribution in [-0.4, -0.2) is 46.6 Å². The minimum atomic E-state index is -1.14. The summed E-state index contributed by atoms with van der Waals surface area (Å²) in [7, 11) is 0. The van der Waals surface area contributed by atoms with Gasteiger partial charge in [0.2, 0.25) is 11.8 Å². The normalized spacial score (nSPS) is 24.5. The van der Waals surface area contributed by atoms with E-state index in [1.54, 1.807) is 6.07 Å². The fourth-order valence-electron chi connectivity index (χ4n) is 3.50. The number of imide groups is 1. The Morgan fingerprint density at radius 3 is 2.72 bits per heavy atom. The number of rotatable bonds is 3. The highest BCUT2D eigenvalue weighted by Gasteiger charge is 2.58. The molecule has 1 unspecified atom stereocenters. The number of esters is 1. The minimum absolute atomic E-state index is 0.129. The predicted molar refractivity (Wildman–Crippen MR) is 88.7 cm³/mol. The van der Waals surface area contributed by atoms with Gasteiger partial charge in [0.05, 0.1) is 5.69 Å². The van der Waals surface area contributed by atoms with Crippen LogP contribution in [0.2, 0.25) is 0 Å². The van der Waals surface area contributed by atoms with E-state index in [2.05, 4.69) is 0 Å². The van der Waals surface area contributed by atoms with E-state index in [1.807, 2.05) is 18.2 Å². The fraction of sp³-hybridized carbons (Fsp3) is 0.412. The molecule has 0 spiro atoms. The monoisotopic (exact) mass is 360 g/mol. The molecule has 1 aromatic rings. The number of benzene rings is 1. The van der Waals surface area contributed by atoms with Gasteiger partial charge in [-0.05, 0) is 18.6 Å². The van der Waals surface area contributed by atoms with E-state index in [9.17, 15) is 19.2 Å². The van der Waals surface area contributed by atoms with Gasteiger partial charge in [0, 0.05) is 30.7 Å². The third-order valence-corrected chi connectivity index (χ3v) is 6.15. The van der Waals surface area contributed by atoms with Crippen molar-refractivity contribution in [3.05, 3.63) is 24.3 Å². The smallest absolute Gasteiger partial charge is 0.344 e. The average molecular weight is 360 g/mol. The van der Waals surface area contributed by atoms with Crippen LogP contribution in [0, 0.1) is 0 Å². The summed E-state index contributed by atoms with van der Waals surface area (Å²) in [5.41, 5.74) is 0.702.